The number of carbonyl (C=O) groups excluding carboxylic acids is 1. The summed E-state index contributed by atoms with van der Waals surface area (Å²) in [5.41, 5.74) is 1.89. The molecule has 0 aliphatic rings. The summed E-state index contributed by atoms with van der Waals surface area (Å²) < 4.78 is 1.91. The number of rotatable bonds is 5. The van der Waals surface area contributed by atoms with Gasteiger partial charge in [0.05, 0.1) is 17.5 Å². The van der Waals surface area contributed by atoms with Crippen LogP contribution in [0.15, 0.2) is 24.3 Å². The van der Waals surface area contributed by atoms with E-state index in [-0.39, 0.29) is 12.2 Å². The number of imidazole rings is 1. The molecular formula is C14H18N2O2. The largest absolute Gasteiger partial charge is 0.385 e. The summed E-state index contributed by atoms with van der Waals surface area (Å²) in [4.78, 5) is 16.3. The van der Waals surface area contributed by atoms with Crippen molar-refractivity contribution in [1.29, 1.82) is 0 Å². The molecule has 2 aromatic rings. The van der Waals surface area contributed by atoms with Gasteiger partial charge in [-0.2, -0.15) is 0 Å². The van der Waals surface area contributed by atoms with Crippen molar-refractivity contribution in [1.82, 2.24) is 9.55 Å². The smallest absolute Gasteiger partial charge is 0.168 e. The second-order valence-electron chi connectivity index (χ2n) is 4.52. The second-order valence-corrected chi connectivity index (χ2v) is 4.52. The summed E-state index contributed by atoms with van der Waals surface area (Å²) in [6.07, 6.45) is 0.639. The van der Waals surface area contributed by atoms with Crippen LogP contribution in [-0.4, -0.2) is 26.5 Å². The highest BCUT2D eigenvalue weighted by Gasteiger charge is 2.17. The number of hydrogen-bond donors (Lipinski definition) is 1. The molecule has 0 radical (unpaired) electrons. The third kappa shape index (κ3) is 2.43. The number of aryl methyl sites for hydroxylation is 1. The number of aliphatic hydroxyl groups excluding tert-OH is 1. The van der Waals surface area contributed by atoms with Crippen LogP contribution >= 0.6 is 0 Å². The molecule has 1 N–H and O–H groups in total. The Labute approximate surface area is 106 Å². The zero-order valence-electron chi connectivity index (χ0n) is 10.8. The van der Waals surface area contributed by atoms with E-state index in [4.69, 9.17) is 0 Å². The Hall–Kier alpha value is -1.68. The summed E-state index contributed by atoms with van der Waals surface area (Å²) in [5.74, 6) is 0.548. The van der Waals surface area contributed by atoms with E-state index in [1.54, 1.807) is 0 Å². The van der Waals surface area contributed by atoms with E-state index in [2.05, 4.69) is 4.98 Å². The van der Waals surface area contributed by atoms with Gasteiger partial charge in [0.1, 0.15) is 11.9 Å². The van der Waals surface area contributed by atoms with Crippen molar-refractivity contribution in [2.24, 2.45) is 7.05 Å². The molecule has 0 saturated carbocycles. The van der Waals surface area contributed by atoms with Gasteiger partial charge in [0.2, 0.25) is 0 Å². The minimum atomic E-state index is -0.866. The number of Topliss-reactive ketones (excluding diaryl/α,β-unsaturated/α-hetero) is 1. The number of carbonyl (C=O) groups is 1. The van der Waals surface area contributed by atoms with Crippen LogP contribution in [0.2, 0.25) is 0 Å². The highest BCUT2D eigenvalue weighted by Crippen LogP contribution is 2.15. The lowest BCUT2D eigenvalue weighted by Crippen LogP contribution is -2.23. The molecule has 0 bridgehead atoms. The van der Waals surface area contributed by atoms with Crippen molar-refractivity contribution < 1.29 is 9.90 Å². The Bertz CT molecular complexity index is 560. The number of para-hydroxylation sites is 2. The minimum absolute atomic E-state index is 0.157. The first-order valence-corrected chi connectivity index (χ1v) is 6.24. The van der Waals surface area contributed by atoms with Crippen LogP contribution in [0.25, 0.3) is 11.0 Å². The van der Waals surface area contributed by atoms with Gasteiger partial charge in [0, 0.05) is 7.05 Å². The minimum Gasteiger partial charge on any atom is -0.385 e. The van der Waals surface area contributed by atoms with Gasteiger partial charge in [0.15, 0.2) is 5.78 Å². The van der Waals surface area contributed by atoms with Crippen molar-refractivity contribution in [2.75, 3.05) is 0 Å². The first-order chi connectivity index (χ1) is 8.63. The van der Waals surface area contributed by atoms with Crippen molar-refractivity contribution in [3.8, 4) is 0 Å². The van der Waals surface area contributed by atoms with Gasteiger partial charge in [0.25, 0.3) is 0 Å². The number of aromatic nitrogens is 2. The molecular weight excluding hydrogens is 228 g/mol. The topological polar surface area (TPSA) is 55.1 Å². The molecule has 0 fully saturated rings. The van der Waals surface area contributed by atoms with E-state index in [1.807, 2.05) is 42.8 Å². The number of ketones is 1. The van der Waals surface area contributed by atoms with Crippen LogP contribution in [0.4, 0.5) is 0 Å². The van der Waals surface area contributed by atoms with Crippen LogP contribution in [0.5, 0.6) is 0 Å². The Kier molecular flexibility index (Phi) is 3.77. The van der Waals surface area contributed by atoms with E-state index in [1.165, 1.54) is 0 Å². The lowest BCUT2D eigenvalue weighted by Gasteiger charge is -2.07. The zero-order chi connectivity index (χ0) is 13.1. The molecule has 1 aromatic heterocycles. The predicted molar refractivity (Wildman–Crippen MR) is 70.3 cm³/mol. The third-order valence-electron chi connectivity index (χ3n) is 3.15. The first-order valence-electron chi connectivity index (χ1n) is 6.24. The first kappa shape index (κ1) is 12.8. The second kappa shape index (κ2) is 5.31. The van der Waals surface area contributed by atoms with Crippen molar-refractivity contribution in [3.05, 3.63) is 30.1 Å². The summed E-state index contributed by atoms with van der Waals surface area (Å²) in [7, 11) is 1.89. The lowest BCUT2D eigenvalue weighted by molar-refractivity contribution is -0.126. The van der Waals surface area contributed by atoms with Gasteiger partial charge in [-0.3, -0.25) is 4.79 Å². The average molecular weight is 246 g/mol. The molecule has 0 aliphatic carbocycles. The fourth-order valence-corrected chi connectivity index (χ4v) is 2.06. The average Bonchev–Trinajstić information content (AvgIpc) is 2.67. The van der Waals surface area contributed by atoms with E-state index >= 15 is 0 Å². The quantitative estimate of drug-likeness (QED) is 0.876. The number of fused-ring (bicyclic) bond motifs is 1. The van der Waals surface area contributed by atoms with Gasteiger partial charge < -0.3 is 9.67 Å². The van der Waals surface area contributed by atoms with Crippen LogP contribution in [0, 0.1) is 0 Å². The number of nitrogens with zero attached hydrogens (tertiary/aromatic N) is 2. The maximum atomic E-state index is 11.8. The Balaban J connectivity index is 2.22. The van der Waals surface area contributed by atoms with Crippen LogP contribution in [-0.2, 0) is 18.3 Å². The normalized spacial score (nSPS) is 12.8. The lowest BCUT2D eigenvalue weighted by atomic mass is 10.1. The van der Waals surface area contributed by atoms with Gasteiger partial charge in [-0.1, -0.05) is 25.5 Å². The molecule has 2 rings (SSSR count). The highest BCUT2D eigenvalue weighted by atomic mass is 16.3. The highest BCUT2D eigenvalue weighted by molar-refractivity contribution is 5.85. The van der Waals surface area contributed by atoms with Crippen LogP contribution in [0.3, 0.4) is 0 Å². The molecule has 1 aromatic carbocycles. The molecule has 0 saturated heterocycles. The molecule has 1 unspecified atom stereocenters. The van der Waals surface area contributed by atoms with Crippen molar-refractivity contribution in [2.45, 2.75) is 32.3 Å². The van der Waals surface area contributed by atoms with Gasteiger partial charge in [-0.05, 0) is 18.6 Å². The van der Waals surface area contributed by atoms with Gasteiger partial charge >= 0.3 is 0 Å². The summed E-state index contributed by atoms with van der Waals surface area (Å²) in [6.45, 7) is 1.95. The van der Waals surface area contributed by atoms with Crippen molar-refractivity contribution >= 4 is 16.8 Å². The Morgan fingerprint density at radius 3 is 2.83 bits per heavy atom. The van der Waals surface area contributed by atoms with Crippen LogP contribution in [0.1, 0.15) is 25.6 Å². The summed E-state index contributed by atoms with van der Waals surface area (Å²) in [6, 6.07) is 7.76. The molecule has 4 nitrogen and oxygen atoms in total. The van der Waals surface area contributed by atoms with E-state index in [9.17, 15) is 9.90 Å². The molecule has 4 heteroatoms. The monoisotopic (exact) mass is 246 g/mol. The summed E-state index contributed by atoms with van der Waals surface area (Å²) >= 11 is 0. The zero-order valence-corrected chi connectivity index (χ0v) is 10.8. The molecule has 0 amide bonds. The van der Waals surface area contributed by atoms with Gasteiger partial charge in [-0.25, -0.2) is 4.98 Å². The van der Waals surface area contributed by atoms with Gasteiger partial charge in [-0.15, -0.1) is 0 Å². The van der Waals surface area contributed by atoms with E-state index < -0.39 is 6.10 Å². The molecule has 18 heavy (non-hydrogen) atoms. The third-order valence-corrected chi connectivity index (χ3v) is 3.15. The fraction of sp³-hybridized carbons (Fsp3) is 0.429. The molecule has 0 aliphatic heterocycles. The van der Waals surface area contributed by atoms with E-state index in [0.717, 1.165) is 17.5 Å². The summed E-state index contributed by atoms with van der Waals surface area (Å²) in [5, 5.41) is 9.66. The Morgan fingerprint density at radius 1 is 1.44 bits per heavy atom. The number of hydrogen-bond acceptors (Lipinski definition) is 3. The van der Waals surface area contributed by atoms with Crippen molar-refractivity contribution in [3.63, 3.8) is 0 Å². The predicted octanol–water partition coefficient (Wildman–Crippen LogP) is 1.85. The maximum absolute atomic E-state index is 11.8. The SMILES string of the molecule is CCCC(O)C(=O)Cc1nc2ccccc2n1C. The maximum Gasteiger partial charge on any atom is 0.168 e. The van der Waals surface area contributed by atoms with Crippen LogP contribution < -0.4 is 0 Å². The molecule has 1 atom stereocenters. The standard InChI is InChI=1S/C14H18N2O2/c1-3-6-12(17)13(18)9-14-15-10-7-4-5-8-11(10)16(14)2/h4-5,7-8,12,17H,3,6,9H2,1-2H3. The number of benzene rings is 1. The molecule has 1 heterocycles. The fourth-order valence-electron chi connectivity index (χ4n) is 2.06. The molecule has 96 valence electrons. The Morgan fingerprint density at radius 2 is 2.17 bits per heavy atom. The molecule has 0 spiro atoms. The van der Waals surface area contributed by atoms with E-state index in [0.29, 0.717) is 12.2 Å². The number of aliphatic hydroxyl groups is 1.